The van der Waals surface area contributed by atoms with Crippen LogP contribution >= 0.6 is 46.4 Å². The molecule has 2 heterocycles. The van der Waals surface area contributed by atoms with Crippen molar-refractivity contribution >= 4 is 63.0 Å². The number of nitrogens with zero attached hydrogens (tertiary/aromatic N) is 6. The molecule has 0 aliphatic carbocycles. The zero-order valence-corrected chi connectivity index (χ0v) is 27.3. The second-order valence-electron chi connectivity index (χ2n) is 11.0. The second kappa shape index (κ2) is 13.2. The molecule has 6 aromatic rings. The molecule has 0 bridgehead atoms. The molecule has 2 aromatic heterocycles. The summed E-state index contributed by atoms with van der Waals surface area (Å²) < 4.78 is 31.9. The molecule has 6 rings (SSSR count). The lowest BCUT2D eigenvalue weighted by atomic mass is 9.86. The highest BCUT2D eigenvalue weighted by Gasteiger charge is 2.41. The summed E-state index contributed by atoms with van der Waals surface area (Å²) >= 11 is 25.0. The van der Waals surface area contributed by atoms with Crippen LogP contribution in [0.15, 0.2) is 91.6 Å². The van der Waals surface area contributed by atoms with E-state index in [-0.39, 0.29) is 12.1 Å². The zero-order valence-electron chi connectivity index (χ0n) is 24.3. The highest BCUT2D eigenvalue weighted by atomic mass is 35.5. The molecule has 1 N–H and O–H groups in total. The third-order valence-electron chi connectivity index (χ3n) is 7.94. The molecule has 0 spiro atoms. The lowest BCUT2D eigenvalue weighted by molar-refractivity contribution is -0.0366. The number of benzene rings is 4. The molecule has 13 heteroatoms. The minimum Gasteiger partial charge on any atom is -0.381 e. The number of halogens is 6. The Balaban J connectivity index is 1.37. The molecule has 0 radical (unpaired) electrons. The van der Waals surface area contributed by atoms with E-state index in [0.29, 0.717) is 38.7 Å². The van der Waals surface area contributed by atoms with Crippen LogP contribution < -0.4 is 4.90 Å². The summed E-state index contributed by atoms with van der Waals surface area (Å²) in [7, 11) is 0. The molecule has 0 unspecified atom stereocenters. The minimum absolute atomic E-state index is 0.0911. The molecule has 4 aromatic carbocycles. The van der Waals surface area contributed by atoms with Gasteiger partial charge in [0, 0.05) is 42.0 Å². The van der Waals surface area contributed by atoms with Crippen molar-refractivity contribution in [3.05, 3.63) is 140 Å². The molecular weight excluding hydrogens is 676 g/mol. The van der Waals surface area contributed by atoms with Gasteiger partial charge in [-0.1, -0.05) is 64.6 Å². The van der Waals surface area contributed by atoms with E-state index in [2.05, 4.69) is 15.0 Å². The molecule has 7 nitrogen and oxygen atoms in total. The van der Waals surface area contributed by atoms with Gasteiger partial charge >= 0.3 is 0 Å². The number of hydrogen-bond acceptors (Lipinski definition) is 5. The molecule has 46 heavy (non-hydrogen) atoms. The SMILES string of the molecule is C[C@@H](n1cc2cc(N(Cc3ccc(Cl)c(Cl)c3)Cc3ccc(Cl)c(Cl)c3)ccc2n1)[C@](O)(Cn1cncn1)c1ccc(F)cc1F. The molecule has 0 aliphatic heterocycles. The largest absolute Gasteiger partial charge is 0.381 e. The van der Waals surface area contributed by atoms with Crippen molar-refractivity contribution in [3.8, 4) is 0 Å². The average Bonchev–Trinajstić information content (AvgIpc) is 3.69. The van der Waals surface area contributed by atoms with Crippen LogP contribution in [0.4, 0.5) is 14.5 Å². The summed E-state index contributed by atoms with van der Waals surface area (Å²) in [5.74, 6) is -1.63. The Hall–Kier alpha value is -3.73. The monoisotopic (exact) mass is 700 g/mol. The van der Waals surface area contributed by atoms with Crippen molar-refractivity contribution in [1.82, 2.24) is 24.5 Å². The van der Waals surface area contributed by atoms with Gasteiger partial charge in [0.05, 0.1) is 38.2 Å². The molecule has 236 valence electrons. The van der Waals surface area contributed by atoms with E-state index in [1.54, 1.807) is 29.9 Å². The van der Waals surface area contributed by atoms with Gasteiger partial charge in [-0.3, -0.25) is 4.68 Å². The van der Waals surface area contributed by atoms with Crippen molar-refractivity contribution < 1.29 is 13.9 Å². The molecule has 0 aliphatic rings. The van der Waals surface area contributed by atoms with Crippen LogP contribution in [0.25, 0.3) is 10.9 Å². The Kier molecular flexibility index (Phi) is 9.23. The Bertz CT molecular complexity index is 1970. The molecule has 0 saturated heterocycles. The van der Waals surface area contributed by atoms with Crippen LogP contribution in [-0.2, 0) is 25.2 Å². The van der Waals surface area contributed by atoms with Crippen molar-refractivity contribution in [3.63, 3.8) is 0 Å². The van der Waals surface area contributed by atoms with Crippen LogP contribution in [0.3, 0.4) is 0 Å². The smallest absolute Gasteiger partial charge is 0.137 e. The first-order chi connectivity index (χ1) is 22.0. The van der Waals surface area contributed by atoms with Gasteiger partial charge in [0.2, 0.25) is 0 Å². The van der Waals surface area contributed by atoms with Gasteiger partial charge in [-0.2, -0.15) is 10.2 Å². The molecule has 2 atom stereocenters. The van der Waals surface area contributed by atoms with Gasteiger partial charge in [-0.25, -0.2) is 18.4 Å². The van der Waals surface area contributed by atoms with Crippen LogP contribution in [-0.4, -0.2) is 29.7 Å². The number of anilines is 1. The Morgan fingerprint density at radius 1 is 0.848 bits per heavy atom. The number of hydrogen-bond donors (Lipinski definition) is 1. The lowest BCUT2D eigenvalue weighted by Crippen LogP contribution is -2.40. The van der Waals surface area contributed by atoms with E-state index in [1.165, 1.54) is 23.4 Å². The van der Waals surface area contributed by atoms with Crippen LogP contribution in [0, 0.1) is 11.6 Å². The molecule has 0 fully saturated rings. The van der Waals surface area contributed by atoms with E-state index in [0.717, 1.165) is 34.3 Å². The number of aliphatic hydroxyl groups is 1. The first-order valence-corrected chi connectivity index (χ1v) is 15.6. The van der Waals surface area contributed by atoms with Crippen LogP contribution in [0.2, 0.25) is 20.1 Å². The third kappa shape index (κ3) is 6.70. The van der Waals surface area contributed by atoms with Gasteiger partial charge in [0.1, 0.15) is 29.9 Å². The number of fused-ring (bicyclic) bond motifs is 1. The standard InChI is InChI=1S/C33H26Cl4F2N6O/c1-20(33(46,17-44-19-40-18-41-44)26-6-4-24(38)13-31(26)39)45-16-23-12-25(5-9-32(23)42-45)43(14-21-2-7-27(34)29(36)10-21)15-22-3-8-28(35)30(37)11-22/h2-13,16,18-20,46H,14-15,17H2,1H3/t20-,33-/m1/s1. The maximum atomic E-state index is 15.1. The topological polar surface area (TPSA) is 72.0 Å². The fourth-order valence-corrected chi connectivity index (χ4v) is 6.09. The quantitative estimate of drug-likeness (QED) is 0.155. The Morgan fingerprint density at radius 2 is 1.52 bits per heavy atom. The summed E-state index contributed by atoms with van der Waals surface area (Å²) in [5.41, 5.74) is 1.45. The maximum absolute atomic E-state index is 15.1. The van der Waals surface area contributed by atoms with E-state index >= 15 is 4.39 Å². The van der Waals surface area contributed by atoms with E-state index in [9.17, 15) is 9.50 Å². The third-order valence-corrected chi connectivity index (χ3v) is 9.42. The highest BCUT2D eigenvalue weighted by Crippen LogP contribution is 2.38. The Labute approximate surface area is 283 Å². The molecule has 0 amide bonds. The molecular formula is C33H26Cl4F2N6O. The minimum atomic E-state index is -1.87. The summed E-state index contributed by atoms with van der Waals surface area (Å²) in [6.07, 6.45) is 4.52. The predicted molar refractivity (Wildman–Crippen MR) is 178 cm³/mol. The molecule has 0 saturated carbocycles. The van der Waals surface area contributed by atoms with Gasteiger partial charge in [-0.15, -0.1) is 0 Å². The summed E-state index contributed by atoms with van der Waals surface area (Å²) in [4.78, 5) is 6.09. The van der Waals surface area contributed by atoms with Gasteiger partial charge < -0.3 is 10.0 Å². The summed E-state index contributed by atoms with van der Waals surface area (Å²) in [5, 5.41) is 23.5. The van der Waals surface area contributed by atoms with Crippen molar-refractivity contribution in [2.45, 2.75) is 38.2 Å². The number of rotatable bonds is 10. The fraction of sp³-hybridized carbons (Fsp3) is 0.182. The first kappa shape index (κ1) is 32.2. The predicted octanol–water partition coefficient (Wildman–Crippen LogP) is 8.88. The zero-order chi connectivity index (χ0) is 32.6. The van der Waals surface area contributed by atoms with Gasteiger partial charge in [0.15, 0.2) is 0 Å². The van der Waals surface area contributed by atoms with Gasteiger partial charge in [-0.05, 0) is 66.6 Å². The van der Waals surface area contributed by atoms with Crippen LogP contribution in [0.1, 0.15) is 29.7 Å². The normalized spacial score (nSPS) is 13.6. The van der Waals surface area contributed by atoms with E-state index in [4.69, 9.17) is 51.5 Å². The average molecular weight is 702 g/mol. The maximum Gasteiger partial charge on any atom is 0.137 e. The van der Waals surface area contributed by atoms with E-state index < -0.39 is 23.3 Å². The van der Waals surface area contributed by atoms with Crippen molar-refractivity contribution in [2.75, 3.05) is 4.90 Å². The summed E-state index contributed by atoms with van der Waals surface area (Å²) in [6, 6.07) is 19.1. The second-order valence-corrected chi connectivity index (χ2v) is 12.7. The summed E-state index contributed by atoms with van der Waals surface area (Å²) in [6.45, 7) is 2.55. The highest BCUT2D eigenvalue weighted by molar-refractivity contribution is 6.42. The van der Waals surface area contributed by atoms with Crippen LogP contribution in [0.5, 0.6) is 0 Å². The van der Waals surface area contributed by atoms with Crippen molar-refractivity contribution in [1.29, 1.82) is 0 Å². The first-order valence-electron chi connectivity index (χ1n) is 14.1. The lowest BCUT2D eigenvalue weighted by Gasteiger charge is -2.34. The van der Waals surface area contributed by atoms with Gasteiger partial charge in [0.25, 0.3) is 0 Å². The fourth-order valence-electron chi connectivity index (χ4n) is 5.45. The van der Waals surface area contributed by atoms with Crippen molar-refractivity contribution in [2.24, 2.45) is 0 Å². The number of aromatic nitrogens is 5. The van der Waals surface area contributed by atoms with E-state index in [1.807, 2.05) is 42.5 Å². The Morgan fingerprint density at radius 3 is 2.11 bits per heavy atom.